The molecule has 5 rings (SSSR count). The van der Waals surface area contributed by atoms with E-state index in [9.17, 15) is 22.7 Å². The third-order valence-corrected chi connectivity index (χ3v) is 6.91. The number of aromatic hydroxyl groups is 1. The highest BCUT2D eigenvalue weighted by Crippen LogP contribution is 2.47. The molecule has 0 saturated carbocycles. The maximum atomic E-state index is 13.2. The van der Waals surface area contributed by atoms with Crippen LogP contribution in [-0.4, -0.2) is 42.9 Å². The molecule has 0 bridgehead atoms. The maximum absolute atomic E-state index is 13.2. The fourth-order valence-electron chi connectivity index (χ4n) is 4.87. The summed E-state index contributed by atoms with van der Waals surface area (Å²) >= 11 is 0. The van der Waals surface area contributed by atoms with E-state index in [0.29, 0.717) is 29.2 Å². The van der Waals surface area contributed by atoms with Crippen molar-refractivity contribution in [2.75, 3.05) is 32.9 Å². The van der Waals surface area contributed by atoms with E-state index in [0.717, 1.165) is 48.5 Å². The molecule has 1 saturated heterocycles. The lowest BCUT2D eigenvalue weighted by Gasteiger charge is -2.37. The second kappa shape index (κ2) is 10.1. The van der Waals surface area contributed by atoms with Crippen molar-refractivity contribution < 1.29 is 32.1 Å². The van der Waals surface area contributed by atoms with Crippen LogP contribution in [-0.2, 0) is 6.18 Å². The lowest BCUT2D eigenvalue weighted by Crippen LogP contribution is -2.49. The van der Waals surface area contributed by atoms with E-state index in [1.54, 1.807) is 12.1 Å². The zero-order chi connectivity index (χ0) is 26.2. The Morgan fingerprint density at radius 3 is 2.35 bits per heavy atom. The van der Waals surface area contributed by atoms with E-state index in [1.807, 2.05) is 31.2 Å². The van der Waals surface area contributed by atoms with Crippen molar-refractivity contribution in [1.29, 1.82) is 0 Å². The summed E-state index contributed by atoms with van der Waals surface area (Å²) in [6.45, 7) is 4.33. The summed E-state index contributed by atoms with van der Waals surface area (Å²) in [5.41, 5.74) is 2.91. The molecule has 0 radical (unpaired) electrons. The van der Waals surface area contributed by atoms with Crippen LogP contribution in [0.4, 0.5) is 17.6 Å². The molecule has 2 aliphatic rings. The molecule has 194 valence electrons. The van der Waals surface area contributed by atoms with E-state index in [4.69, 9.17) is 9.47 Å². The lowest BCUT2D eigenvalue weighted by atomic mass is 9.86. The van der Waals surface area contributed by atoms with Gasteiger partial charge in [-0.05, 0) is 66.1 Å². The van der Waals surface area contributed by atoms with Crippen LogP contribution in [0.2, 0.25) is 0 Å². The summed E-state index contributed by atoms with van der Waals surface area (Å²) in [6, 6.07) is 17.3. The van der Waals surface area contributed by atoms with Crippen molar-refractivity contribution in [2.45, 2.75) is 19.2 Å². The molecule has 8 heteroatoms. The lowest BCUT2D eigenvalue weighted by molar-refractivity contribution is -0.137. The van der Waals surface area contributed by atoms with Gasteiger partial charge in [0.1, 0.15) is 30.0 Å². The van der Waals surface area contributed by atoms with Crippen molar-refractivity contribution >= 4 is 11.1 Å². The second-order valence-electron chi connectivity index (χ2n) is 9.49. The van der Waals surface area contributed by atoms with Gasteiger partial charge >= 0.3 is 6.18 Å². The number of fused-ring (bicyclic) bond motifs is 1. The number of rotatable bonds is 7. The molecule has 0 spiro atoms. The first-order chi connectivity index (χ1) is 17.7. The predicted molar refractivity (Wildman–Crippen MR) is 133 cm³/mol. The Morgan fingerprint density at radius 1 is 1.00 bits per heavy atom. The molecule has 3 aromatic rings. The Bertz CT molecular complexity index is 1280. The summed E-state index contributed by atoms with van der Waals surface area (Å²) in [7, 11) is 0. The molecular weight excluding hydrogens is 486 g/mol. The van der Waals surface area contributed by atoms with Crippen molar-refractivity contribution in [3.05, 3.63) is 89.0 Å². The molecule has 3 aromatic carbocycles. The minimum Gasteiger partial charge on any atom is -0.508 e. The summed E-state index contributed by atoms with van der Waals surface area (Å²) in [6.07, 6.45) is -5.00. The first-order valence-electron chi connectivity index (χ1n) is 12.1. The summed E-state index contributed by atoms with van der Waals surface area (Å²) < 4.78 is 64.2. The molecule has 1 fully saturated rings. The van der Waals surface area contributed by atoms with Crippen molar-refractivity contribution in [3.8, 4) is 17.2 Å². The van der Waals surface area contributed by atoms with Gasteiger partial charge in [0.15, 0.2) is 0 Å². The van der Waals surface area contributed by atoms with Crippen LogP contribution in [0.5, 0.6) is 17.2 Å². The van der Waals surface area contributed by atoms with E-state index < -0.39 is 17.8 Å². The molecular formula is C29H27F4NO3. The van der Waals surface area contributed by atoms with Crippen LogP contribution in [0, 0.1) is 5.92 Å². The van der Waals surface area contributed by atoms with Gasteiger partial charge in [-0.15, -0.1) is 0 Å². The number of hydrogen-bond donors (Lipinski definition) is 1. The molecule has 1 atom stereocenters. The second-order valence-corrected chi connectivity index (χ2v) is 9.49. The molecule has 2 heterocycles. The van der Waals surface area contributed by atoms with Crippen LogP contribution in [0.15, 0.2) is 66.7 Å². The van der Waals surface area contributed by atoms with Crippen LogP contribution in [0.1, 0.15) is 35.3 Å². The number of hydrogen-bond acceptors (Lipinski definition) is 4. The molecule has 1 unspecified atom stereocenters. The van der Waals surface area contributed by atoms with Gasteiger partial charge in [-0.1, -0.05) is 24.3 Å². The maximum Gasteiger partial charge on any atom is 0.416 e. The largest absolute Gasteiger partial charge is 0.508 e. The first kappa shape index (κ1) is 25.1. The predicted octanol–water partition coefficient (Wildman–Crippen LogP) is 6.76. The Balaban J connectivity index is 1.40. The summed E-state index contributed by atoms with van der Waals surface area (Å²) in [4.78, 5) is 2.15. The number of benzene rings is 3. The number of alkyl halides is 4. The molecule has 0 aromatic heterocycles. The van der Waals surface area contributed by atoms with Crippen molar-refractivity contribution in [1.82, 2.24) is 4.90 Å². The highest BCUT2D eigenvalue weighted by atomic mass is 19.4. The average Bonchev–Trinajstić information content (AvgIpc) is 2.85. The summed E-state index contributed by atoms with van der Waals surface area (Å²) in [5, 5.41) is 10.0. The molecule has 2 aliphatic heterocycles. The van der Waals surface area contributed by atoms with E-state index in [2.05, 4.69) is 4.90 Å². The van der Waals surface area contributed by atoms with Gasteiger partial charge in [0, 0.05) is 36.7 Å². The molecule has 4 nitrogen and oxygen atoms in total. The molecule has 1 N–H and O–H groups in total. The average molecular weight is 514 g/mol. The van der Waals surface area contributed by atoms with Crippen LogP contribution >= 0.6 is 0 Å². The number of ether oxygens (including phenoxy) is 2. The monoisotopic (exact) mass is 513 g/mol. The minimum atomic E-state index is -4.43. The number of nitrogens with zero attached hydrogens (tertiary/aromatic N) is 1. The molecule has 0 amide bonds. The standard InChI is InChI=1S/C29H27F4NO3/c1-18-25-14-23(35)8-11-26(25)37-28(27(18)20-2-6-22(7-3-20)29(31,32)33)21-4-9-24(10-5-21)36-13-12-34-16-19(15-30)17-34/h2-11,14,19,28,35H,12-13,15-17H2,1H3. The summed E-state index contributed by atoms with van der Waals surface area (Å²) in [5.74, 6) is 1.48. The quantitative estimate of drug-likeness (QED) is 0.355. The minimum absolute atomic E-state index is 0.0758. The van der Waals surface area contributed by atoms with Gasteiger partial charge in [-0.2, -0.15) is 13.2 Å². The van der Waals surface area contributed by atoms with Gasteiger partial charge in [0.25, 0.3) is 0 Å². The van der Waals surface area contributed by atoms with Crippen LogP contribution in [0.25, 0.3) is 11.1 Å². The van der Waals surface area contributed by atoms with E-state index in [1.165, 1.54) is 18.2 Å². The third kappa shape index (κ3) is 5.30. The van der Waals surface area contributed by atoms with E-state index in [-0.39, 0.29) is 18.3 Å². The van der Waals surface area contributed by atoms with Gasteiger partial charge in [-0.3, -0.25) is 9.29 Å². The highest BCUT2D eigenvalue weighted by Gasteiger charge is 2.33. The highest BCUT2D eigenvalue weighted by molar-refractivity contribution is 5.95. The Hall–Kier alpha value is -3.52. The molecule has 37 heavy (non-hydrogen) atoms. The Kier molecular flexibility index (Phi) is 6.86. The van der Waals surface area contributed by atoms with Crippen molar-refractivity contribution in [2.24, 2.45) is 5.92 Å². The van der Waals surface area contributed by atoms with Gasteiger partial charge in [0.2, 0.25) is 0 Å². The smallest absolute Gasteiger partial charge is 0.416 e. The van der Waals surface area contributed by atoms with Crippen molar-refractivity contribution in [3.63, 3.8) is 0 Å². The zero-order valence-corrected chi connectivity index (χ0v) is 20.3. The van der Waals surface area contributed by atoms with Gasteiger partial charge < -0.3 is 14.6 Å². The normalized spacial score (nSPS) is 18.2. The first-order valence-corrected chi connectivity index (χ1v) is 12.1. The SMILES string of the molecule is CC1=C(c2ccc(C(F)(F)F)cc2)C(c2ccc(OCCN3CC(CF)C3)cc2)Oc2ccc(O)cc21. The van der Waals surface area contributed by atoms with Crippen LogP contribution in [0.3, 0.4) is 0 Å². The Labute approximate surface area is 212 Å². The fourth-order valence-corrected chi connectivity index (χ4v) is 4.87. The third-order valence-electron chi connectivity index (χ3n) is 6.91. The molecule has 0 aliphatic carbocycles. The Morgan fingerprint density at radius 2 is 1.70 bits per heavy atom. The zero-order valence-electron chi connectivity index (χ0n) is 20.3. The number of likely N-dealkylation sites (tertiary alicyclic amines) is 1. The number of allylic oxidation sites excluding steroid dienone is 1. The number of phenols is 1. The fraction of sp³-hybridized carbons (Fsp3) is 0.310. The van der Waals surface area contributed by atoms with Gasteiger partial charge in [-0.25, -0.2) is 0 Å². The van der Waals surface area contributed by atoms with E-state index >= 15 is 0 Å². The number of halogens is 4. The van der Waals surface area contributed by atoms with Gasteiger partial charge in [0.05, 0.1) is 12.2 Å². The van der Waals surface area contributed by atoms with Crippen LogP contribution < -0.4 is 9.47 Å². The number of phenolic OH excluding ortho intramolecular Hbond substituents is 1. The topological polar surface area (TPSA) is 41.9 Å².